The van der Waals surface area contributed by atoms with Gasteiger partial charge in [0.2, 0.25) is 0 Å². The lowest BCUT2D eigenvalue weighted by Crippen LogP contribution is -2.43. The number of fused-ring (bicyclic) bond motifs is 3. The van der Waals surface area contributed by atoms with Gasteiger partial charge in [0.25, 0.3) is 0 Å². The van der Waals surface area contributed by atoms with Crippen LogP contribution >= 0.6 is 11.6 Å². The molecule has 11 nitrogen and oxygen atoms in total. The number of nitrogens with zero attached hydrogens (tertiary/aromatic N) is 6. The molecule has 4 aliphatic rings. The van der Waals surface area contributed by atoms with Crippen molar-refractivity contribution in [1.29, 1.82) is 0 Å². The summed E-state index contributed by atoms with van der Waals surface area (Å²) >= 11 is 6.90. The van der Waals surface area contributed by atoms with E-state index in [1.54, 1.807) is 12.4 Å². The van der Waals surface area contributed by atoms with Crippen molar-refractivity contribution in [2.75, 3.05) is 71.4 Å². The first-order chi connectivity index (χ1) is 23.1. The molecule has 3 saturated heterocycles. The predicted octanol–water partition coefficient (Wildman–Crippen LogP) is 5.22. The Balaban J connectivity index is 0.00000172. The Kier molecular flexibility index (Phi) is 9.43. The van der Waals surface area contributed by atoms with E-state index in [0.717, 1.165) is 69.1 Å². The van der Waals surface area contributed by atoms with Crippen LogP contribution < -0.4 is 15.4 Å². The van der Waals surface area contributed by atoms with Crippen molar-refractivity contribution in [2.24, 2.45) is 11.7 Å². The molecular formula is C33H41ClF2N8O3. The molecule has 0 radical (unpaired) electrons. The fourth-order valence-corrected chi connectivity index (χ4v) is 8.16. The normalized spacial score (nSPS) is 22.3. The van der Waals surface area contributed by atoms with Gasteiger partial charge < -0.3 is 24.8 Å². The zero-order valence-electron chi connectivity index (χ0n) is 26.6. The third-order valence-corrected chi connectivity index (χ3v) is 10.5. The molecular weight excluding hydrogens is 630 g/mol. The van der Waals surface area contributed by atoms with Gasteiger partial charge in [-0.2, -0.15) is 15.1 Å². The fraction of sp³-hybridized carbons (Fsp3) is 0.576. The number of ether oxygens (including phenoxy) is 3. The minimum absolute atomic E-state index is 0.00781. The molecule has 2 atom stereocenters. The smallest absolute Gasteiger partial charge is 0.319 e. The molecule has 3 aromatic heterocycles. The summed E-state index contributed by atoms with van der Waals surface area (Å²) in [6, 6.07) is 2.04. The van der Waals surface area contributed by atoms with Gasteiger partial charge in [0.1, 0.15) is 23.6 Å². The average molecular weight is 671 g/mol. The lowest BCUT2D eigenvalue weighted by Gasteiger charge is -2.31. The van der Waals surface area contributed by atoms with Crippen LogP contribution in [0.25, 0.3) is 33.1 Å². The molecule has 0 bridgehead atoms. The van der Waals surface area contributed by atoms with E-state index in [-0.39, 0.29) is 41.3 Å². The van der Waals surface area contributed by atoms with Gasteiger partial charge in [-0.1, -0.05) is 11.6 Å². The Morgan fingerprint density at radius 2 is 1.91 bits per heavy atom. The van der Waals surface area contributed by atoms with Crippen molar-refractivity contribution < 1.29 is 23.0 Å². The molecule has 4 aromatic rings. The summed E-state index contributed by atoms with van der Waals surface area (Å²) in [6.07, 6.45) is 9.61. The summed E-state index contributed by atoms with van der Waals surface area (Å²) in [4.78, 5) is 19.0. The Hall–Kier alpha value is -3.23. The van der Waals surface area contributed by atoms with Gasteiger partial charge >= 0.3 is 6.01 Å². The number of aromatic nitrogens is 5. The maximum atomic E-state index is 17.1. The summed E-state index contributed by atoms with van der Waals surface area (Å²) in [6.45, 7) is 5.95. The van der Waals surface area contributed by atoms with E-state index in [9.17, 15) is 4.39 Å². The molecule has 2 unspecified atom stereocenters. The first-order valence-corrected chi connectivity index (χ1v) is 16.8. The van der Waals surface area contributed by atoms with E-state index in [2.05, 4.69) is 20.0 Å². The molecule has 0 spiro atoms. The molecule has 1 aliphatic carbocycles. The third kappa shape index (κ3) is 6.01. The largest absolute Gasteiger partial charge is 0.461 e. The molecule has 47 heavy (non-hydrogen) atoms. The van der Waals surface area contributed by atoms with E-state index in [1.165, 1.54) is 0 Å². The second-order valence-corrected chi connectivity index (χ2v) is 13.2. The average Bonchev–Trinajstić information content (AvgIpc) is 3.38. The molecule has 1 aromatic carbocycles. The predicted molar refractivity (Wildman–Crippen MR) is 176 cm³/mol. The number of halogens is 3. The molecule has 14 heteroatoms. The molecule has 4 fully saturated rings. The van der Waals surface area contributed by atoms with Crippen LogP contribution in [0.4, 0.5) is 14.6 Å². The van der Waals surface area contributed by atoms with E-state index >= 15 is 4.39 Å². The summed E-state index contributed by atoms with van der Waals surface area (Å²) in [5.41, 5.74) is 8.14. The maximum absolute atomic E-state index is 17.1. The summed E-state index contributed by atoms with van der Waals surface area (Å²) in [5, 5.41) is 9.08. The SMILES string of the molecule is CF.NCOCC1CC1c1c(Cl)cc2[nH]ncc2c1-c1ncc2c(N3CCCOCC3)nc(OCC34CCCN3CCC4)nc2c1F. The van der Waals surface area contributed by atoms with Crippen molar-refractivity contribution >= 4 is 39.2 Å². The number of nitrogens with one attached hydrogen (secondary N) is 1. The van der Waals surface area contributed by atoms with E-state index in [0.29, 0.717) is 67.5 Å². The highest BCUT2D eigenvalue weighted by Gasteiger charge is 2.45. The van der Waals surface area contributed by atoms with Gasteiger partial charge in [-0.3, -0.25) is 19.4 Å². The number of hydrogen-bond acceptors (Lipinski definition) is 10. The molecule has 6 heterocycles. The van der Waals surface area contributed by atoms with Gasteiger partial charge in [0, 0.05) is 41.9 Å². The number of rotatable bonds is 9. The number of hydrogen-bond donors (Lipinski definition) is 2. The standard InChI is InChI=1S/C32H38ClFN8O3.CH3F/c33-23-13-24-21(15-37-40-24)26(25(23)20-12-19(20)16-44-18-35)29-27(34)28-22(14-36-29)30(41-6-3-10-43-11-9-41)39-31(38-28)45-17-32-4-1-7-42(32)8-2-5-32;1-2/h13-15,19-20H,1-12,16-18,35H2,(H,37,40);1H3. The number of nitrogens with two attached hydrogens (primary N) is 1. The molecule has 3 aliphatic heterocycles. The van der Waals surface area contributed by atoms with E-state index < -0.39 is 5.82 Å². The second kappa shape index (κ2) is 13.7. The van der Waals surface area contributed by atoms with Gasteiger partial charge in [0.05, 0.1) is 49.8 Å². The van der Waals surface area contributed by atoms with Crippen molar-refractivity contribution in [3.05, 3.63) is 34.9 Å². The Morgan fingerprint density at radius 3 is 2.72 bits per heavy atom. The highest BCUT2D eigenvalue weighted by atomic mass is 35.5. The molecule has 0 amide bonds. The Bertz CT molecular complexity index is 1720. The molecule has 8 rings (SSSR count). The van der Waals surface area contributed by atoms with E-state index in [1.807, 2.05) is 6.07 Å². The second-order valence-electron chi connectivity index (χ2n) is 12.8. The van der Waals surface area contributed by atoms with Crippen molar-refractivity contribution in [2.45, 2.75) is 50.0 Å². The number of anilines is 1. The molecule has 252 valence electrons. The highest BCUT2D eigenvalue weighted by Crippen LogP contribution is 2.54. The number of pyridine rings is 1. The summed E-state index contributed by atoms with van der Waals surface area (Å²) < 4.78 is 44.2. The number of alkyl halides is 1. The van der Waals surface area contributed by atoms with E-state index in [4.69, 9.17) is 46.5 Å². The Morgan fingerprint density at radius 1 is 1.09 bits per heavy atom. The third-order valence-electron chi connectivity index (χ3n) is 10.2. The van der Waals surface area contributed by atoms with Crippen LogP contribution in [0, 0.1) is 11.7 Å². The van der Waals surface area contributed by atoms with Crippen LogP contribution in [0.1, 0.15) is 50.0 Å². The van der Waals surface area contributed by atoms with Crippen molar-refractivity contribution in [1.82, 2.24) is 30.0 Å². The quantitative estimate of drug-likeness (QED) is 0.229. The minimum Gasteiger partial charge on any atom is -0.461 e. The first-order valence-electron chi connectivity index (χ1n) is 16.4. The van der Waals surface area contributed by atoms with Crippen LogP contribution in [-0.2, 0) is 9.47 Å². The van der Waals surface area contributed by atoms with Gasteiger partial charge in [-0.15, -0.1) is 0 Å². The highest BCUT2D eigenvalue weighted by molar-refractivity contribution is 6.33. The van der Waals surface area contributed by atoms with Gasteiger partial charge in [0.15, 0.2) is 5.82 Å². The van der Waals surface area contributed by atoms with Gasteiger partial charge in [-0.25, -0.2) is 4.39 Å². The number of H-pyrrole nitrogens is 1. The number of aromatic amines is 1. The lowest BCUT2D eigenvalue weighted by atomic mass is 9.95. The monoisotopic (exact) mass is 670 g/mol. The zero-order valence-corrected chi connectivity index (χ0v) is 27.4. The van der Waals surface area contributed by atoms with Gasteiger partial charge in [-0.05, 0) is 75.1 Å². The lowest BCUT2D eigenvalue weighted by molar-refractivity contribution is 0.108. The summed E-state index contributed by atoms with van der Waals surface area (Å²) in [5.74, 6) is 0.413. The minimum atomic E-state index is -0.532. The topological polar surface area (TPSA) is 128 Å². The van der Waals surface area contributed by atoms with Crippen LogP contribution in [0.15, 0.2) is 18.5 Å². The fourth-order valence-electron chi connectivity index (χ4n) is 7.82. The molecule has 1 saturated carbocycles. The van der Waals surface area contributed by atoms with Crippen LogP contribution in [0.5, 0.6) is 6.01 Å². The maximum Gasteiger partial charge on any atom is 0.319 e. The Labute approximate surface area is 277 Å². The van der Waals surface area contributed by atoms with Crippen LogP contribution in [0.2, 0.25) is 5.02 Å². The molecule has 3 N–H and O–H groups in total. The summed E-state index contributed by atoms with van der Waals surface area (Å²) in [7, 11) is 0.500. The van der Waals surface area contributed by atoms with Crippen molar-refractivity contribution in [3.63, 3.8) is 0 Å². The first kappa shape index (κ1) is 32.3. The zero-order chi connectivity index (χ0) is 32.5. The number of benzene rings is 1. The van der Waals surface area contributed by atoms with Crippen LogP contribution in [0.3, 0.4) is 0 Å². The van der Waals surface area contributed by atoms with Crippen molar-refractivity contribution in [3.8, 4) is 17.3 Å². The van der Waals surface area contributed by atoms with Crippen LogP contribution in [-0.4, -0.2) is 102 Å².